The summed E-state index contributed by atoms with van der Waals surface area (Å²) in [6.07, 6.45) is 0.174. The van der Waals surface area contributed by atoms with Crippen molar-refractivity contribution in [3.63, 3.8) is 0 Å². The predicted octanol–water partition coefficient (Wildman–Crippen LogP) is 3.85. The summed E-state index contributed by atoms with van der Waals surface area (Å²) in [5.74, 6) is -0.158. The second-order valence-electron chi connectivity index (χ2n) is 4.61. The molecule has 2 aromatic carbocycles. The van der Waals surface area contributed by atoms with Crippen LogP contribution in [0, 0.1) is 17.0 Å². The minimum atomic E-state index is -0.463. The molecule has 0 atom stereocenters. The van der Waals surface area contributed by atoms with Crippen LogP contribution < -0.4 is 5.32 Å². The number of benzene rings is 2. The number of non-ortho nitro benzene ring substituents is 1. The second kappa shape index (κ2) is 6.49. The average molecular weight is 349 g/mol. The monoisotopic (exact) mass is 348 g/mol. The highest BCUT2D eigenvalue weighted by molar-refractivity contribution is 9.10. The van der Waals surface area contributed by atoms with Gasteiger partial charge in [-0.1, -0.05) is 28.1 Å². The van der Waals surface area contributed by atoms with E-state index in [9.17, 15) is 14.9 Å². The fourth-order valence-corrected chi connectivity index (χ4v) is 2.36. The third-order valence-corrected chi connectivity index (χ3v) is 3.47. The highest BCUT2D eigenvalue weighted by Gasteiger charge is 2.08. The Morgan fingerprint density at radius 3 is 2.48 bits per heavy atom. The van der Waals surface area contributed by atoms with Crippen LogP contribution in [0.3, 0.4) is 0 Å². The number of amides is 1. The summed E-state index contributed by atoms with van der Waals surface area (Å²) < 4.78 is 0.952. The molecule has 0 saturated heterocycles. The first-order chi connectivity index (χ1) is 9.95. The van der Waals surface area contributed by atoms with Gasteiger partial charge in [0.2, 0.25) is 5.91 Å². The molecule has 2 aromatic rings. The van der Waals surface area contributed by atoms with E-state index in [-0.39, 0.29) is 18.0 Å². The summed E-state index contributed by atoms with van der Waals surface area (Å²) in [7, 11) is 0. The van der Waals surface area contributed by atoms with E-state index >= 15 is 0 Å². The topological polar surface area (TPSA) is 72.2 Å². The molecule has 0 radical (unpaired) electrons. The number of hydrogen-bond acceptors (Lipinski definition) is 3. The molecule has 0 heterocycles. The molecule has 0 aliphatic rings. The first-order valence-corrected chi connectivity index (χ1v) is 7.04. The molecule has 0 spiro atoms. The number of carbonyl (C=O) groups excluding carboxylic acids is 1. The Balaban J connectivity index is 2.02. The number of nitro benzene ring substituents is 1. The van der Waals surface area contributed by atoms with Crippen molar-refractivity contribution in [1.29, 1.82) is 0 Å². The Labute approximate surface area is 130 Å². The zero-order valence-electron chi connectivity index (χ0n) is 11.3. The number of aryl methyl sites for hydroxylation is 1. The quantitative estimate of drug-likeness (QED) is 0.673. The number of nitrogens with zero attached hydrogens (tertiary/aromatic N) is 1. The molecule has 5 nitrogen and oxygen atoms in total. The maximum absolute atomic E-state index is 12.0. The smallest absolute Gasteiger partial charge is 0.269 e. The summed E-state index contributed by atoms with van der Waals surface area (Å²) in [6.45, 7) is 1.91. The molecule has 1 amide bonds. The normalized spacial score (nSPS) is 10.2. The molecule has 1 N–H and O–H groups in total. The molecular formula is C15H13BrN2O3. The minimum Gasteiger partial charge on any atom is -0.326 e. The molecule has 2 rings (SSSR count). The highest BCUT2D eigenvalue weighted by Crippen LogP contribution is 2.20. The summed E-state index contributed by atoms with van der Waals surface area (Å²) in [5.41, 5.74) is 2.46. The van der Waals surface area contributed by atoms with Crippen LogP contribution in [0.15, 0.2) is 46.9 Å². The van der Waals surface area contributed by atoms with Gasteiger partial charge in [-0.25, -0.2) is 0 Å². The number of nitro groups is 1. The van der Waals surface area contributed by atoms with E-state index in [1.807, 2.05) is 25.1 Å². The lowest BCUT2D eigenvalue weighted by atomic mass is 10.1. The first kappa shape index (κ1) is 15.2. The number of halogens is 1. The maximum Gasteiger partial charge on any atom is 0.269 e. The van der Waals surface area contributed by atoms with Gasteiger partial charge in [-0.3, -0.25) is 14.9 Å². The molecule has 0 aromatic heterocycles. The Kier molecular flexibility index (Phi) is 4.70. The number of nitrogens with one attached hydrogen (secondary N) is 1. The van der Waals surface area contributed by atoms with E-state index in [4.69, 9.17) is 0 Å². The molecule has 6 heteroatoms. The third-order valence-electron chi connectivity index (χ3n) is 2.97. The van der Waals surface area contributed by atoms with Crippen molar-refractivity contribution < 1.29 is 9.72 Å². The second-order valence-corrected chi connectivity index (χ2v) is 5.52. The molecular weight excluding hydrogens is 336 g/mol. The van der Waals surface area contributed by atoms with Crippen molar-refractivity contribution in [3.05, 3.63) is 68.2 Å². The first-order valence-electron chi connectivity index (χ1n) is 6.25. The zero-order chi connectivity index (χ0) is 15.4. The van der Waals surface area contributed by atoms with Gasteiger partial charge in [-0.15, -0.1) is 0 Å². The average Bonchev–Trinajstić information content (AvgIpc) is 2.42. The number of rotatable bonds is 4. The molecule has 0 saturated carbocycles. The number of anilines is 1. The zero-order valence-corrected chi connectivity index (χ0v) is 12.9. The standard InChI is InChI=1S/C15H13BrN2O3/c1-10-8-12(16)4-7-14(10)17-15(19)9-11-2-5-13(6-3-11)18(20)21/h2-8H,9H2,1H3,(H,17,19). The SMILES string of the molecule is Cc1cc(Br)ccc1NC(=O)Cc1ccc([N+](=O)[O-])cc1. The largest absolute Gasteiger partial charge is 0.326 e. The lowest BCUT2D eigenvalue weighted by Crippen LogP contribution is -2.15. The van der Waals surface area contributed by atoms with Crippen molar-refractivity contribution in [2.24, 2.45) is 0 Å². The van der Waals surface area contributed by atoms with Gasteiger partial charge in [0.05, 0.1) is 11.3 Å². The van der Waals surface area contributed by atoms with E-state index in [1.165, 1.54) is 12.1 Å². The Hall–Kier alpha value is -2.21. The lowest BCUT2D eigenvalue weighted by molar-refractivity contribution is -0.384. The summed E-state index contributed by atoms with van der Waals surface area (Å²) >= 11 is 3.37. The van der Waals surface area contributed by atoms with E-state index in [0.717, 1.165) is 21.3 Å². The number of carbonyl (C=O) groups is 1. The Morgan fingerprint density at radius 2 is 1.90 bits per heavy atom. The van der Waals surface area contributed by atoms with Crippen LogP contribution in [0.4, 0.5) is 11.4 Å². The summed E-state index contributed by atoms with van der Waals surface area (Å²) in [5, 5.41) is 13.4. The van der Waals surface area contributed by atoms with Crippen molar-refractivity contribution in [2.45, 2.75) is 13.3 Å². The molecule has 0 bridgehead atoms. The summed E-state index contributed by atoms with van der Waals surface area (Å²) in [4.78, 5) is 22.1. The van der Waals surface area contributed by atoms with Gasteiger partial charge in [-0.05, 0) is 36.2 Å². The molecule has 108 valence electrons. The molecule has 0 fully saturated rings. The lowest BCUT2D eigenvalue weighted by Gasteiger charge is -2.08. The van der Waals surface area contributed by atoms with Crippen molar-refractivity contribution in [3.8, 4) is 0 Å². The van der Waals surface area contributed by atoms with Gasteiger partial charge in [0, 0.05) is 22.3 Å². The molecule has 21 heavy (non-hydrogen) atoms. The fourth-order valence-electron chi connectivity index (χ4n) is 1.88. The fraction of sp³-hybridized carbons (Fsp3) is 0.133. The number of hydrogen-bond donors (Lipinski definition) is 1. The Morgan fingerprint density at radius 1 is 1.24 bits per heavy atom. The van der Waals surface area contributed by atoms with Crippen LogP contribution in [0.1, 0.15) is 11.1 Å². The highest BCUT2D eigenvalue weighted by atomic mass is 79.9. The van der Waals surface area contributed by atoms with Crippen molar-refractivity contribution in [2.75, 3.05) is 5.32 Å². The van der Waals surface area contributed by atoms with E-state index in [1.54, 1.807) is 12.1 Å². The van der Waals surface area contributed by atoms with Gasteiger partial charge < -0.3 is 5.32 Å². The van der Waals surface area contributed by atoms with Crippen LogP contribution in [-0.4, -0.2) is 10.8 Å². The van der Waals surface area contributed by atoms with Crippen LogP contribution in [0.5, 0.6) is 0 Å². The van der Waals surface area contributed by atoms with Gasteiger partial charge >= 0.3 is 0 Å². The van der Waals surface area contributed by atoms with Crippen LogP contribution in [0.25, 0.3) is 0 Å². The maximum atomic E-state index is 12.0. The minimum absolute atomic E-state index is 0.0166. The molecule has 0 aliphatic heterocycles. The molecule has 0 unspecified atom stereocenters. The van der Waals surface area contributed by atoms with Crippen molar-refractivity contribution in [1.82, 2.24) is 0 Å². The molecule has 0 aliphatic carbocycles. The Bertz CT molecular complexity index is 684. The van der Waals surface area contributed by atoms with E-state index in [2.05, 4.69) is 21.2 Å². The van der Waals surface area contributed by atoms with Crippen LogP contribution in [-0.2, 0) is 11.2 Å². The van der Waals surface area contributed by atoms with Gasteiger partial charge in [0.1, 0.15) is 0 Å². The third kappa shape index (κ3) is 4.13. The van der Waals surface area contributed by atoms with Crippen molar-refractivity contribution >= 4 is 33.2 Å². The van der Waals surface area contributed by atoms with Gasteiger partial charge in [0.25, 0.3) is 5.69 Å². The summed E-state index contributed by atoms with van der Waals surface area (Å²) in [6, 6.07) is 11.6. The predicted molar refractivity (Wildman–Crippen MR) is 84.3 cm³/mol. The van der Waals surface area contributed by atoms with Gasteiger partial charge in [-0.2, -0.15) is 0 Å². The van der Waals surface area contributed by atoms with Crippen LogP contribution >= 0.6 is 15.9 Å². The van der Waals surface area contributed by atoms with E-state index in [0.29, 0.717) is 0 Å². The van der Waals surface area contributed by atoms with Crippen LogP contribution in [0.2, 0.25) is 0 Å². The van der Waals surface area contributed by atoms with Gasteiger partial charge in [0.15, 0.2) is 0 Å². The van der Waals surface area contributed by atoms with E-state index < -0.39 is 4.92 Å².